The number of nitrogens with one attached hydrogen (secondary N) is 1. The molecule has 1 aliphatic heterocycles. The third-order valence-electron chi connectivity index (χ3n) is 4.16. The van der Waals surface area contributed by atoms with Crippen LogP contribution in [0, 0.1) is 5.82 Å². The fraction of sp³-hybridized carbons (Fsp3) is 0.588. The molecule has 3 N–H and O–H groups in total. The molecule has 0 aliphatic carbocycles. The molecule has 0 aromatic heterocycles. The summed E-state index contributed by atoms with van der Waals surface area (Å²) in [4.78, 5) is 8.73. The minimum absolute atomic E-state index is 0. The summed E-state index contributed by atoms with van der Waals surface area (Å²) >= 11 is 0. The van der Waals surface area contributed by atoms with Gasteiger partial charge < -0.3 is 20.9 Å². The zero-order valence-electron chi connectivity index (χ0n) is 14.6. The van der Waals surface area contributed by atoms with Crippen molar-refractivity contribution in [2.75, 3.05) is 44.2 Å². The Morgan fingerprint density at radius 2 is 1.96 bits per heavy atom. The number of aliphatic imine (C=N–C) groups is 1. The normalized spacial score (nSPS) is 16.0. The molecule has 5 nitrogen and oxygen atoms in total. The molecule has 0 unspecified atom stereocenters. The quantitative estimate of drug-likeness (QED) is 0.398. The highest BCUT2D eigenvalue weighted by Crippen LogP contribution is 2.22. The van der Waals surface area contributed by atoms with Crippen LogP contribution in [0.2, 0.25) is 0 Å². The predicted octanol–water partition coefficient (Wildman–Crippen LogP) is 2.40. The maximum atomic E-state index is 14.4. The summed E-state index contributed by atoms with van der Waals surface area (Å²) in [6.07, 6.45) is 0.991. The number of rotatable bonds is 6. The highest BCUT2D eigenvalue weighted by atomic mass is 127. The smallest absolute Gasteiger partial charge is 0.188 e. The number of nitrogens with zero attached hydrogens (tertiary/aromatic N) is 3. The first-order chi connectivity index (χ1) is 11.1. The van der Waals surface area contributed by atoms with Crippen molar-refractivity contribution in [1.82, 2.24) is 10.2 Å². The van der Waals surface area contributed by atoms with Gasteiger partial charge >= 0.3 is 0 Å². The van der Waals surface area contributed by atoms with E-state index in [9.17, 15) is 4.39 Å². The van der Waals surface area contributed by atoms with Crippen LogP contribution in [0.4, 0.5) is 10.1 Å². The second-order valence-corrected chi connectivity index (χ2v) is 5.84. The summed E-state index contributed by atoms with van der Waals surface area (Å²) in [5.74, 6) is 0.231. The lowest BCUT2D eigenvalue weighted by Crippen LogP contribution is -2.46. The molecule has 1 aromatic carbocycles. The van der Waals surface area contributed by atoms with Gasteiger partial charge in [0.15, 0.2) is 5.96 Å². The number of piperazine rings is 1. The molecule has 0 radical (unpaired) electrons. The minimum atomic E-state index is -0.178. The van der Waals surface area contributed by atoms with Crippen molar-refractivity contribution in [2.24, 2.45) is 10.7 Å². The Bertz CT molecular complexity index is 530. The van der Waals surface area contributed by atoms with Crippen molar-refractivity contribution in [3.8, 4) is 0 Å². The maximum Gasteiger partial charge on any atom is 0.188 e. The van der Waals surface area contributed by atoms with Gasteiger partial charge in [-0.15, -0.1) is 24.0 Å². The Morgan fingerprint density at radius 3 is 2.54 bits per heavy atom. The predicted molar refractivity (Wildman–Crippen MR) is 110 cm³/mol. The van der Waals surface area contributed by atoms with Gasteiger partial charge in [0.25, 0.3) is 0 Å². The number of hydrogen-bond acceptors (Lipinski definition) is 3. The molecule has 0 amide bonds. The monoisotopic (exact) mass is 449 g/mol. The van der Waals surface area contributed by atoms with Crippen LogP contribution in [0.5, 0.6) is 0 Å². The number of guanidine groups is 1. The summed E-state index contributed by atoms with van der Waals surface area (Å²) in [7, 11) is 0. The van der Waals surface area contributed by atoms with Gasteiger partial charge in [0.1, 0.15) is 5.82 Å². The molecule has 1 aromatic rings. The molecule has 2 rings (SSSR count). The average molecular weight is 449 g/mol. The molecule has 1 fully saturated rings. The van der Waals surface area contributed by atoms with E-state index < -0.39 is 0 Å². The van der Waals surface area contributed by atoms with Crippen molar-refractivity contribution >= 4 is 35.6 Å². The molecule has 136 valence electrons. The molecule has 0 bridgehead atoms. The highest BCUT2D eigenvalue weighted by molar-refractivity contribution is 14.0. The Morgan fingerprint density at radius 1 is 1.25 bits per heavy atom. The number of likely N-dealkylation sites (N-methyl/N-ethyl adjacent to an activating group) is 1. The molecule has 7 heteroatoms. The van der Waals surface area contributed by atoms with Crippen molar-refractivity contribution in [3.63, 3.8) is 0 Å². The van der Waals surface area contributed by atoms with E-state index in [1.165, 1.54) is 0 Å². The van der Waals surface area contributed by atoms with Crippen molar-refractivity contribution in [2.45, 2.75) is 26.8 Å². The van der Waals surface area contributed by atoms with E-state index in [1.54, 1.807) is 6.07 Å². The van der Waals surface area contributed by atoms with Gasteiger partial charge in [0.05, 0.1) is 12.2 Å². The van der Waals surface area contributed by atoms with E-state index in [0.717, 1.165) is 51.3 Å². The lowest BCUT2D eigenvalue weighted by Gasteiger charge is -2.35. The molecule has 1 saturated heterocycles. The number of halogens is 2. The van der Waals surface area contributed by atoms with E-state index in [-0.39, 0.29) is 29.8 Å². The van der Waals surface area contributed by atoms with Crippen molar-refractivity contribution in [3.05, 3.63) is 29.6 Å². The fourth-order valence-corrected chi connectivity index (χ4v) is 2.70. The first-order valence-corrected chi connectivity index (χ1v) is 8.43. The van der Waals surface area contributed by atoms with Crippen LogP contribution < -0.4 is 16.0 Å². The van der Waals surface area contributed by atoms with Crippen LogP contribution in [-0.4, -0.2) is 50.1 Å². The third kappa shape index (κ3) is 6.08. The molecule has 1 heterocycles. The first-order valence-electron chi connectivity index (χ1n) is 8.43. The van der Waals surface area contributed by atoms with Crippen LogP contribution in [0.3, 0.4) is 0 Å². The lowest BCUT2D eigenvalue weighted by atomic mass is 10.1. The average Bonchev–Trinajstić information content (AvgIpc) is 2.58. The van der Waals surface area contributed by atoms with Gasteiger partial charge in [0, 0.05) is 32.7 Å². The first kappa shape index (κ1) is 21.0. The molecule has 0 saturated carbocycles. The topological polar surface area (TPSA) is 56.9 Å². The van der Waals surface area contributed by atoms with Crippen LogP contribution in [0.25, 0.3) is 0 Å². The van der Waals surface area contributed by atoms with E-state index >= 15 is 0 Å². The van der Waals surface area contributed by atoms with E-state index in [1.807, 2.05) is 12.1 Å². The fourth-order valence-electron chi connectivity index (χ4n) is 2.70. The lowest BCUT2D eigenvalue weighted by molar-refractivity contribution is 0.270. The second-order valence-electron chi connectivity index (χ2n) is 5.84. The van der Waals surface area contributed by atoms with Crippen LogP contribution in [-0.2, 0) is 6.54 Å². The number of benzene rings is 1. The van der Waals surface area contributed by atoms with E-state index in [0.29, 0.717) is 18.2 Å². The van der Waals surface area contributed by atoms with Gasteiger partial charge in [-0.1, -0.05) is 19.9 Å². The molecular weight excluding hydrogens is 420 g/mol. The van der Waals surface area contributed by atoms with Crippen LogP contribution in [0.1, 0.15) is 25.8 Å². The SMILES string of the molecule is CCCNC(N)=NCc1ccc(N2CCN(CC)CC2)c(F)c1.I. The molecule has 0 spiro atoms. The Kier molecular flexibility index (Phi) is 9.35. The van der Waals surface area contributed by atoms with Gasteiger partial charge in [-0.2, -0.15) is 0 Å². The number of hydrogen-bond donors (Lipinski definition) is 2. The maximum absolute atomic E-state index is 14.4. The second kappa shape index (κ2) is 10.7. The summed E-state index contributed by atoms with van der Waals surface area (Å²) < 4.78 is 14.4. The third-order valence-corrected chi connectivity index (χ3v) is 4.16. The summed E-state index contributed by atoms with van der Waals surface area (Å²) in [6.45, 7) is 10.2. The van der Waals surface area contributed by atoms with Crippen LogP contribution >= 0.6 is 24.0 Å². The molecular formula is C17H29FIN5. The standard InChI is InChI=1S/C17H28FN5.HI/c1-3-7-20-17(19)21-13-14-5-6-16(15(18)12-14)23-10-8-22(4-2)9-11-23;/h5-6,12H,3-4,7-11,13H2,1-2H3,(H3,19,20,21);1H. The molecule has 1 aliphatic rings. The number of nitrogens with two attached hydrogens (primary N) is 1. The van der Waals surface area contributed by atoms with Crippen LogP contribution in [0.15, 0.2) is 23.2 Å². The van der Waals surface area contributed by atoms with Gasteiger partial charge in [-0.3, -0.25) is 0 Å². The van der Waals surface area contributed by atoms with Crippen molar-refractivity contribution < 1.29 is 4.39 Å². The Hall–Kier alpha value is -1.09. The molecule has 0 atom stereocenters. The van der Waals surface area contributed by atoms with Gasteiger partial charge in [-0.25, -0.2) is 9.38 Å². The largest absolute Gasteiger partial charge is 0.370 e. The minimum Gasteiger partial charge on any atom is -0.370 e. The van der Waals surface area contributed by atoms with Gasteiger partial charge in [-0.05, 0) is 30.7 Å². The summed E-state index contributed by atoms with van der Waals surface area (Å²) in [6, 6.07) is 5.36. The van der Waals surface area contributed by atoms with Gasteiger partial charge in [0.2, 0.25) is 0 Å². The zero-order valence-corrected chi connectivity index (χ0v) is 16.9. The summed E-state index contributed by atoms with van der Waals surface area (Å²) in [5.41, 5.74) is 7.27. The Balaban J connectivity index is 0.00000288. The van der Waals surface area contributed by atoms with Crippen molar-refractivity contribution in [1.29, 1.82) is 0 Å². The Labute approximate surface area is 161 Å². The number of anilines is 1. The zero-order chi connectivity index (χ0) is 16.7. The molecule has 24 heavy (non-hydrogen) atoms. The highest BCUT2D eigenvalue weighted by Gasteiger charge is 2.18. The van der Waals surface area contributed by atoms with E-state index in [4.69, 9.17) is 5.73 Å². The van der Waals surface area contributed by atoms with E-state index in [2.05, 4.69) is 34.0 Å². The summed E-state index contributed by atoms with van der Waals surface area (Å²) in [5, 5.41) is 3.01.